The van der Waals surface area contributed by atoms with Crippen molar-refractivity contribution in [3.05, 3.63) is 34.3 Å². The Balaban J connectivity index is 2.41. The Morgan fingerprint density at radius 2 is 2.00 bits per heavy atom. The molecule has 0 atom stereocenters. The number of nitrogens with one attached hydrogen (secondary N) is 1. The highest BCUT2D eigenvalue weighted by Crippen LogP contribution is 2.17. The van der Waals surface area contributed by atoms with Crippen molar-refractivity contribution < 1.29 is 4.79 Å². The third-order valence-electron chi connectivity index (χ3n) is 3.16. The minimum atomic E-state index is 0.146. The van der Waals surface area contributed by atoms with Gasteiger partial charge in [0.05, 0.1) is 6.54 Å². The highest BCUT2D eigenvalue weighted by Gasteiger charge is 2.12. The molecule has 112 valence electrons. The van der Waals surface area contributed by atoms with E-state index in [9.17, 15) is 4.79 Å². The summed E-state index contributed by atoms with van der Waals surface area (Å²) in [6.45, 7) is 3.00. The number of hydrogen-bond acceptors (Lipinski definition) is 3. The van der Waals surface area contributed by atoms with E-state index in [0.717, 1.165) is 29.5 Å². The summed E-state index contributed by atoms with van der Waals surface area (Å²) in [7, 11) is 5.78. The number of hydrogen-bond donors (Lipinski definition) is 1. The van der Waals surface area contributed by atoms with Crippen LogP contribution in [0.2, 0.25) is 0 Å². The molecule has 0 saturated heterocycles. The van der Waals surface area contributed by atoms with Crippen LogP contribution >= 0.6 is 15.9 Å². The SMILES string of the molecule is CNCCCN(C)CC(=O)N(C)Cc1ccccc1Br. The fourth-order valence-corrected chi connectivity index (χ4v) is 2.34. The van der Waals surface area contributed by atoms with Crippen LogP contribution in [0.5, 0.6) is 0 Å². The van der Waals surface area contributed by atoms with Crippen molar-refractivity contribution in [2.45, 2.75) is 13.0 Å². The van der Waals surface area contributed by atoms with Crippen LogP contribution in [-0.2, 0) is 11.3 Å². The van der Waals surface area contributed by atoms with Crippen LogP contribution < -0.4 is 5.32 Å². The molecular weight excluding hydrogens is 318 g/mol. The zero-order valence-electron chi connectivity index (χ0n) is 12.5. The van der Waals surface area contributed by atoms with Gasteiger partial charge in [0.25, 0.3) is 0 Å². The third kappa shape index (κ3) is 6.03. The molecule has 0 bridgehead atoms. The highest BCUT2D eigenvalue weighted by atomic mass is 79.9. The summed E-state index contributed by atoms with van der Waals surface area (Å²) in [4.78, 5) is 16.0. The fraction of sp³-hybridized carbons (Fsp3) is 0.533. The lowest BCUT2D eigenvalue weighted by atomic mass is 10.2. The molecule has 0 unspecified atom stereocenters. The van der Waals surface area contributed by atoms with E-state index in [1.165, 1.54) is 0 Å². The lowest BCUT2D eigenvalue weighted by Crippen LogP contribution is -2.37. The van der Waals surface area contributed by atoms with Gasteiger partial charge in [-0.1, -0.05) is 34.1 Å². The maximum atomic E-state index is 12.2. The highest BCUT2D eigenvalue weighted by molar-refractivity contribution is 9.10. The largest absolute Gasteiger partial charge is 0.340 e. The molecule has 0 saturated carbocycles. The quantitative estimate of drug-likeness (QED) is 0.734. The van der Waals surface area contributed by atoms with Gasteiger partial charge in [0.15, 0.2) is 0 Å². The molecule has 0 heterocycles. The number of amides is 1. The van der Waals surface area contributed by atoms with Gasteiger partial charge in [0.1, 0.15) is 0 Å². The molecule has 20 heavy (non-hydrogen) atoms. The molecule has 1 amide bonds. The number of nitrogens with zero attached hydrogens (tertiary/aromatic N) is 2. The van der Waals surface area contributed by atoms with Crippen LogP contribution in [0.1, 0.15) is 12.0 Å². The minimum Gasteiger partial charge on any atom is -0.340 e. The van der Waals surface area contributed by atoms with Gasteiger partial charge in [-0.25, -0.2) is 0 Å². The van der Waals surface area contributed by atoms with Crippen molar-refractivity contribution in [1.29, 1.82) is 0 Å². The van der Waals surface area contributed by atoms with E-state index in [1.54, 1.807) is 4.90 Å². The van der Waals surface area contributed by atoms with Crippen molar-refractivity contribution >= 4 is 21.8 Å². The maximum Gasteiger partial charge on any atom is 0.236 e. The second kappa shape index (κ2) is 9.10. The fourth-order valence-electron chi connectivity index (χ4n) is 1.93. The van der Waals surface area contributed by atoms with E-state index in [4.69, 9.17) is 0 Å². The van der Waals surface area contributed by atoms with Crippen LogP contribution in [0.3, 0.4) is 0 Å². The molecule has 1 aromatic carbocycles. The number of likely N-dealkylation sites (N-methyl/N-ethyl adjacent to an activating group) is 2. The first kappa shape index (κ1) is 17.1. The van der Waals surface area contributed by atoms with Gasteiger partial charge in [-0.05, 0) is 45.2 Å². The van der Waals surface area contributed by atoms with Crippen LogP contribution in [-0.4, -0.2) is 56.5 Å². The monoisotopic (exact) mass is 341 g/mol. The van der Waals surface area contributed by atoms with E-state index in [2.05, 4.69) is 26.1 Å². The Bertz CT molecular complexity index is 425. The standard InChI is InChI=1S/C15H24BrN3O/c1-17-9-6-10-18(2)12-15(20)19(3)11-13-7-4-5-8-14(13)16/h4-5,7-8,17H,6,9-12H2,1-3H3. The average Bonchev–Trinajstić information content (AvgIpc) is 2.41. The van der Waals surface area contributed by atoms with E-state index < -0.39 is 0 Å². The molecule has 0 fully saturated rings. The van der Waals surface area contributed by atoms with Gasteiger partial charge in [-0.15, -0.1) is 0 Å². The zero-order valence-corrected chi connectivity index (χ0v) is 14.1. The minimum absolute atomic E-state index is 0.146. The summed E-state index contributed by atoms with van der Waals surface area (Å²) in [5.41, 5.74) is 1.13. The van der Waals surface area contributed by atoms with Crippen molar-refractivity contribution in [3.63, 3.8) is 0 Å². The number of carbonyl (C=O) groups is 1. The van der Waals surface area contributed by atoms with E-state index in [1.807, 2.05) is 45.4 Å². The van der Waals surface area contributed by atoms with Gasteiger partial charge >= 0.3 is 0 Å². The Hall–Kier alpha value is -0.910. The van der Waals surface area contributed by atoms with Crippen molar-refractivity contribution in [3.8, 4) is 0 Å². The summed E-state index contributed by atoms with van der Waals surface area (Å²) in [5.74, 6) is 0.146. The molecule has 4 nitrogen and oxygen atoms in total. The van der Waals surface area contributed by atoms with Crippen LogP contribution in [0.15, 0.2) is 28.7 Å². The Morgan fingerprint density at radius 1 is 1.30 bits per heavy atom. The summed E-state index contributed by atoms with van der Waals surface area (Å²) in [6.07, 6.45) is 1.05. The molecule has 1 rings (SSSR count). The molecule has 0 aliphatic heterocycles. The van der Waals surface area contributed by atoms with Gasteiger partial charge in [0, 0.05) is 18.1 Å². The van der Waals surface area contributed by atoms with E-state index >= 15 is 0 Å². The lowest BCUT2D eigenvalue weighted by Gasteiger charge is -2.22. The van der Waals surface area contributed by atoms with E-state index in [-0.39, 0.29) is 5.91 Å². The smallest absolute Gasteiger partial charge is 0.236 e. The number of benzene rings is 1. The predicted octanol–water partition coefficient (Wildman–Crippen LogP) is 1.95. The Kier molecular flexibility index (Phi) is 7.80. The molecule has 5 heteroatoms. The first-order valence-corrected chi connectivity index (χ1v) is 7.64. The first-order chi connectivity index (χ1) is 9.54. The normalized spacial score (nSPS) is 10.8. The van der Waals surface area contributed by atoms with Gasteiger partial charge < -0.3 is 10.2 Å². The number of halogens is 1. The first-order valence-electron chi connectivity index (χ1n) is 6.85. The lowest BCUT2D eigenvalue weighted by molar-refractivity contribution is -0.131. The molecule has 0 radical (unpaired) electrons. The van der Waals surface area contributed by atoms with Crippen molar-refractivity contribution in [1.82, 2.24) is 15.1 Å². The van der Waals surface area contributed by atoms with Crippen LogP contribution in [0.4, 0.5) is 0 Å². The molecule has 1 N–H and O–H groups in total. The third-order valence-corrected chi connectivity index (χ3v) is 3.94. The molecule has 0 aromatic heterocycles. The van der Waals surface area contributed by atoms with Gasteiger partial charge in [0.2, 0.25) is 5.91 Å². The number of rotatable bonds is 8. The van der Waals surface area contributed by atoms with Crippen LogP contribution in [0.25, 0.3) is 0 Å². The van der Waals surface area contributed by atoms with Crippen LogP contribution in [0, 0.1) is 0 Å². The van der Waals surface area contributed by atoms with Gasteiger partial charge in [-0.2, -0.15) is 0 Å². The van der Waals surface area contributed by atoms with Crippen molar-refractivity contribution in [2.24, 2.45) is 0 Å². The topological polar surface area (TPSA) is 35.6 Å². The summed E-state index contributed by atoms with van der Waals surface area (Å²) < 4.78 is 1.04. The molecular formula is C15H24BrN3O. The predicted molar refractivity (Wildman–Crippen MR) is 86.7 cm³/mol. The summed E-state index contributed by atoms with van der Waals surface area (Å²) >= 11 is 3.51. The maximum absolute atomic E-state index is 12.2. The molecule has 0 spiro atoms. The Labute approximate surface area is 130 Å². The molecule has 0 aliphatic rings. The summed E-state index contributed by atoms with van der Waals surface area (Å²) in [6, 6.07) is 8.00. The zero-order chi connectivity index (χ0) is 15.0. The molecule has 0 aliphatic carbocycles. The van der Waals surface area contributed by atoms with Gasteiger partial charge in [-0.3, -0.25) is 9.69 Å². The second-order valence-corrected chi connectivity index (χ2v) is 5.89. The summed E-state index contributed by atoms with van der Waals surface area (Å²) in [5, 5.41) is 3.11. The number of carbonyl (C=O) groups excluding carboxylic acids is 1. The van der Waals surface area contributed by atoms with Crippen molar-refractivity contribution in [2.75, 3.05) is 40.8 Å². The molecule has 1 aromatic rings. The average molecular weight is 342 g/mol. The second-order valence-electron chi connectivity index (χ2n) is 5.04. The van der Waals surface area contributed by atoms with E-state index in [0.29, 0.717) is 13.1 Å². The Morgan fingerprint density at radius 3 is 2.65 bits per heavy atom.